The molecule has 7 heteroatoms. The molecule has 1 amide bonds. The van der Waals surface area contributed by atoms with Crippen molar-refractivity contribution in [2.45, 2.75) is 0 Å². The molecular formula is C15H10ClN3O3. The molecule has 0 radical (unpaired) electrons. The van der Waals surface area contributed by atoms with Gasteiger partial charge in [0.15, 0.2) is 0 Å². The molecule has 22 heavy (non-hydrogen) atoms. The zero-order chi connectivity index (χ0) is 15.7. The fourth-order valence-electron chi connectivity index (χ4n) is 2.08. The number of carboxylic acid groups (broad SMARTS) is 1. The van der Waals surface area contributed by atoms with Gasteiger partial charge in [0, 0.05) is 11.6 Å². The number of H-pyrrole nitrogens is 1. The van der Waals surface area contributed by atoms with Gasteiger partial charge in [-0.2, -0.15) is 0 Å². The van der Waals surface area contributed by atoms with Crippen LogP contribution in [0.15, 0.2) is 42.7 Å². The largest absolute Gasteiger partial charge is 0.478 e. The Morgan fingerprint density at radius 1 is 1.23 bits per heavy atom. The van der Waals surface area contributed by atoms with Crippen molar-refractivity contribution in [2.24, 2.45) is 0 Å². The number of amides is 1. The van der Waals surface area contributed by atoms with Crippen LogP contribution in [0.1, 0.15) is 20.7 Å². The number of anilines is 1. The normalized spacial score (nSPS) is 10.6. The number of carbonyl (C=O) groups is 2. The van der Waals surface area contributed by atoms with E-state index < -0.39 is 11.9 Å². The van der Waals surface area contributed by atoms with Crippen LogP contribution in [0.5, 0.6) is 0 Å². The van der Waals surface area contributed by atoms with Crippen molar-refractivity contribution >= 4 is 40.2 Å². The van der Waals surface area contributed by atoms with E-state index in [1.807, 2.05) is 6.07 Å². The standard InChI is InChI=1S/C15H10ClN3O3/c16-12-10(2-1-3-11(12)15(21)22)14(20)19-9-6-8-4-5-17-13(8)18-7-9/h1-7H,(H,17,18)(H,19,20)(H,21,22). The second kappa shape index (κ2) is 5.50. The number of pyridine rings is 1. The minimum atomic E-state index is -1.19. The third kappa shape index (κ3) is 2.51. The van der Waals surface area contributed by atoms with E-state index in [1.54, 1.807) is 12.3 Å². The number of carboxylic acids is 1. The molecule has 0 fully saturated rings. The van der Waals surface area contributed by atoms with Crippen LogP contribution in [0.2, 0.25) is 5.02 Å². The lowest BCUT2D eigenvalue weighted by Crippen LogP contribution is -2.14. The van der Waals surface area contributed by atoms with Gasteiger partial charge in [0.05, 0.1) is 28.0 Å². The molecule has 3 rings (SSSR count). The summed E-state index contributed by atoms with van der Waals surface area (Å²) in [4.78, 5) is 30.4. The predicted octanol–water partition coefficient (Wildman–Crippen LogP) is 3.17. The Balaban J connectivity index is 1.91. The summed E-state index contributed by atoms with van der Waals surface area (Å²) in [6.07, 6.45) is 3.25. The van der Waals surface area contributed by atoms with Crippen LogP contribution >= 0.6 is 11.6 Å². The van der Waals surface area contributed by atoms with Crippen molar-refractivity contribution < 1.29 is 14.7 Å². The highest BCUT2D eigenvalue weighted by molar-refractivity contribution is 6.37. The zero-order valence-electron chi connectivity index (χ0n) is 11.1. The molecule has 0 atom stereocenters. The summed E-state index contributed by atoms with van der Waals surface area (Å²) >= 11 is 5.98. The number of fused-ring (bicyclic) bond motifs is 1. The molecule has 2 aromatic heterocycles. The minimum absolute atomic E-state index is 0.0933. The van der Waals surface area contributed by atoms with Gasteiger partial charge in [-0.3, -0.25) is 4.79 Å². The van der Waals surface area contributed by atoms with Crippen LogP contribution in [0.25, 0.3) is 11.0 Å². The number of carbonyl (C=O) groups excluding carboxylic acids is 1. The predicted molar refractivity (Wildman–Crippen MR) is 82.5 cm³/mol. The first kappa shape index (κ1) is 14.1. The van der Waals surface area contributed by atoms with E-state index in [0.29, 0.717) is 11.3 Å². The molecule has 110 valence electrons. The SMILES string of the molecule is O=C(O)c1cccc(C(=O)Nc2cnc3[nH]ccc3c2)c1Cl. The van der Waals surface area contributed by atoms with Crippen molar-refractivity contribution in [3.8, 4) is 0 Å². The minimum Gasteiger partial charge on any atom is -0.478 e. The fourth-order valence-corrected chi connectivity index (χ4v) is 2.37. The van der Waals surface area contributed by atoms with Gasteiger partial charge in [0.2, 0.25) is 0 Å². The van der Waals surface area contributed by atoms with Crippen LogP contribution in [0.4, 0.5) is 5.69 Å². The fraction of sp³-hybridized carbons (Fsp3) is 0. The molecule has 0 spiro atoms. The Bertz CT molecular complexity index is 889. The highest BCUT2D eigenvalue weighted by atomic mass is 35.5. The van der Waals surface area contributed by atoms with Crippen molar-refractivity contribution in [1.82, 2.24) is 9.97 Å². The molecule has 0 bridgehead atoms. The average Bonchev–Trinajstić information content (AvgIpc) is 2.94. The molecule has 0 saturated carbocycles. The Labute approximate surface area is 129 Å². The molecule has 2 heterocycles. The summed E-state index contributed by atoms with van der Waals surface area (Å²) in [5, 5.41) is 12.4. The van der Waals surface area contributed by atoms with Gasteiger partial charge in [-0.1, -0.05) is 17.7 Å². The number of hydrogen-bond donors (Lipinski definition) is 3. The maximum absolute atomic E-state index is 12.3. The number of rotatable bonds is 3. The van der Waals surface area contributed by atoms with E-state index in [-0.39, 0.29) is 16.1 Å². The first-order valence-electron chi connectivity index (χ1n) is 6.32. The Morgan fingerprint density at radius 2 is 2.00 bits per heavy atom. The smallest absolute Gasteiger partial charge is 0.337 e. The number of nitrogens with zero attached hydrogens (tertiary/aromatic N) is 1. The topological polar surface area (TPSA) is 95.1 Å². The van der Waals surface area contributed by atoms with Gasteiger partial charge in [-0.05, 0) is 24.3 Å². The Morgan fingerprint density at radius 3 is 2.77 bits per heavy atom. The summed E-state index contributed by atoms with van der Waals surface area (Å²) in [6, 6.07) is 7.86. The first-order chi connectivity index (χ1) is 10.6. The van der Waals surface area contributed by atoms with Crippen LogP contribution in [-0.2, 0) is 0 Å². The molecule has 0 aliphatic rings. The van der Waals surface area contributed by atoms with Gasteiger partial charge < -0.3 is 15.4 Å². The van der Waals surface area contributed by atoms with Gasteiger partial charge in [-0.15, -0.1) is 0 Å². The van der Waals surface area contributed by atoms with Crippen LogP contribution in [-0.4, -0.2) is 27.0 Å². The van der Waals surface area contributed by atoms with Crippen molar-refractivity contribution in [1.29, 1.82) is 0 Å². The van der Waals surface area contributed by atoms with Crippen LogP contribution < -0.4 is 5.32 Å². The maximum Gasteiger partial charge on any atom is 0.337 e. The monoisotopic (exact) mass is 315 g/mol. The lowest BCUT2D eigenvalue weighted by atomic mass is 10.1. The number of aromatic carboxylic acids is 1. The number of hydrogen-bond acceptors (Lipinski definition) is 3. The van der Waals surface area contributed by atoms with Crippen molar-refractivity contribution in [2.75, 3.05) is 5.32 Å². The van der Waals surface area contributed by atoms with E-state index in [4.69, 9.17) is 16.7 Å². The molecule has 6 nitrogen and oxygen atoms in total. The van der Waals surface area contributed by atoms with E-state index >= 15 is 0 Å². The number of benzene rings is 1. The summed E-state index contributed by atoms with van der Waals surface area (Å²) in [5.41, 5.74) is 1.18. The maximum atomic E-state index is 12.3. The number of halogens is 1. The highest BCUT2D eigenvalue weighted by Gasteiger charge is 2.17. The average molecular weight is 316 g/mol. The summed E-state index contributed by atoms with van der Waals surface area (Å²) in [5.74, 6) is -1.68. The quantitative estimate of drug-likeness (QED) is 0.691. The Hall–Kier alpha value is -2.86. The third-order valence-corrected chi connectivity index (χ3v) is 3.54. The third-order valence-electron chi connectivity index (χ3n) is 3.13. The van der Waals surface area contributed by atoms with Crippen LogP contribution in [0.3, 0.4) is 0 Å². The molecule has 0 unspecified atom stereocenters. The summed E-state index contributed by atoms with van der Waals surface area (Å²) in [6.45, 7) is 0. The van der Waals surface area contributed by atoms with Gasteiger partial charge in [-0.25, -0.2) is 9.78 Å². The van der Waals surface area contributed by atoms with Crippen molar-refractivity contribution in [3.63, 3.8) is 0 Å². The van der Waals surface area contributed by atoms with E-state index in [0.717, 1.165) is 5.39 Å². The second-order valence-corrected chi connectivity index (χ2v) is 4.94. The van der Waals surface area contributed by atoms with Gasteiger partial charge in [0.1, 0.15) is 5.65 Å². The molecule has 0 saturated heterocycles. The first-order valence-corrected chi connectivity index (χ1v) is 6.70. The summed E-state index contributed by atoms with van der Waals surface area (Å²) < 4.78 is 0. The molecular weight excluding hydrogens is 306 g/mol. The van der Waals surface area contributed by atoms with E-state index in [9.17, 15) is 9.59 Å². The Kier molecular flexibility index (Phi) is 3.52. The molecule has 3 aromatic rings. The summed E-state index contributed by atoms with van der Waals surface area (Å²) in [7, 11) is 0. The van der Waals surface area contributed by atoms with Crippen LogP contribution in [0, 0.1) is 0 Å². The lowest BCUT2D eigenvalue weighted by molar-refractivity contribution is 0.0697. The van der Waals surface area contributed by atoms with Gasteiger partial charge >= 0.3 is 5.97 Å². The number of aromatic amines is 1. The second-order valence-electron chi connectivity index (χ2n) is 4.57. The van der Waals surface area contributed by atoms with Gasteiger partial charge in [0.25, 0.3) is 5.91 Å². The number of aromatic nitrogens is 2. The number of nitrogens with one attached hydrogen (secondary N) is 2. The lowest BCUT2D eigenvalue weighted by Gasteiger charge is -2.08. The van der Waals surface area contributed by atoms with E-state index in [1.165, 1.54) is 24.4 Å². The molecule has 0 aliphatic carbocycles. The molecule has 0 aliphatic heterocycles. The zero-order valence-corrected chi connectivity index (χ0v) is 11.9. The molecule has 1 aromatic carbocycles. The highest BCUT2D eigenvalue weighted by Crippen LogP contribution is 2.23. The van der Waals surface area contributed by atoms with E-state index in [2.05, 4.69) is 15.3 Å². The molecule has 3 N–H and O–H groups in total. The van der Waals surface area contributed by atoms with Crippen molar-refractivity contribution in [3.05, 3.63) is 58.9 Å².